The first-order valence-corrected chi connectivity index (χ1v) is 9.00. The zero-order chi connectivity index (χ0) is 15.7. The van der Waals surface area contributed by atoms with Gasteiger partial charge in [0.1, 0.15) is 5.58 Å². The fraction of sp³-hybridized carbons (Fsp3) is 0.438. The van der Waals surface area contributed by atoms with Crippen LogP contribution in [0.3, 0.4) is 0 Å². The van der Waals surface area contributed by atoms with Crippen LogP contribution in [0.25, 0.3) is 11.0 Å². The third kappa shape index (κ3) is 3.08. The number of fused-ring (bicyclic) bond motifs is 1. The highest BCUT2D eigenvalue weighted by atomic mass is 32.2. The van der Waals surface area contributed by atoms with Crippen molar-refractivity contribution in [1.29, 1.82) is 0 Å². The molecule has 1 aromatic carbocycles. The second-order valence-corrected chi connectivity index (χ2v) is 7.66. The Morgan fingerprint density at radius 1 is 1.14 bits per heavy atom. The number of nitrogens with one attached hydrogen (secondary N) is 1. The second-order valence-electron chi connectivity index (χ2n) is 5.94. The molecule has 0 bridgehead atoms. The van der Waals surface area contributed by atoms with Crippen LogP contribution in [0.4, 0.5) is 0 Å². The zero-order valence-corrected chi connectivity index (χ0v) is 13.2. The summed E-state index contributed by atoms with van der Waals surface area (Å²) >= 11 is 0. The lowest BCUT2D eigenvalue weighted by Gasteiger charge is -2.29. The van der Waals surface area contributed by atoms with Crippen molar-refractivity contribution in [2.75, 3.05) is 0 Å². The standard InChI is InChI=1S/C16H19NO4S/c1-11-4-2-3-5-14(11)17-22(19,20)13-7-8-15-12(10-13)6-9-16(18)21-15/h6-11,14,17H,2-5H2,1H3/t11-,14-/m0/s1. The summed E-state index contributed by atoms with van der Waals surface area (Å²) in [4.78, 5) is 11.4. The van der Waals surface area contributed by atoms with Crippen LogP contribution in [0.2, 0.25) is 0 Å². The molecule has 1 aliphatic rings. The molecule has 3 rings (SSSR count). The number of rotatable bonds is 3. The van der Waals surface area contributed by atoms with Gasteiger partial charge in [0.05, 0.1) is 4.90 Å². The van der Waals surface area contributed by atoms with E-state index >= 15 is 0 Å². The van der Waals surface area contributed by atoms with E-state index in [1.165, 1.54) is 24.3 Å². The van der Waals surface area contributed by atoms with Crippen molar-refractivity contribution >= 4 is 21.0 Å². The Balaban J connectivity index is 1.91. The molecule has 2 aromatic rings. The molecule has 22 heavy (non-hydrogen) atoms. The fourth-order valence-corrected chi connectivity index (χ4v) is 4.39. The maximum Gasteiger partial charge on any atom is 0.336 e. The number of benzene rings is 1. The number of hydrogen-bond donors (Lipinski definition) is 1. The number of hydrogen-bond acceptors (Lipinski definition) is 4. The smallest absolute Gasteiger partial charge is 0.336 e. The van der Waals surface area contributed by atoms with Gasteiger partial charge in [0.15, 0.2) is 0 Å². The molecule has 5 nitrogen and oxygen atoms in total. The number of sulfonamides is 1. The van der Waals surface area contributed by atoms with Crippen LogP contribution in [0, 0.1) is 5.92 Å². The molecule has 0 unspecified atom stereocenters. The van der Waals surface area contributed by atoms with E-state index < -0.39 is 15.6 Å². The maximum absolute atomic E-state index is 12.6. The third-order valence-electron chi connectivity index (χ3n) is 4.32. The van der Waals surface area contributed by atoms with E-state index in [2.05, 4.69) is 11.6 Å². The Morgan fingerprint density at radius 2 is 1.91 bits per heavy atom. The van der Waals surface area contributed by atoms with E-state index in [-0.39, 0.29) is 10.9 Å². The van der Waals surface area contributed by atoms with Gasteiger partial charge in [-0.15, -0.1) is 0 Å². The molecular formula is C16H19NO4S. The van der Waals surface area contributed by atoms with Gasteiger partial charge in [0.25, 0.3) is 0 Å². The highest BCUT2D eigenvalue weighted by Crippen LogP contribution is 2.26. The minimum absolute atomic E-state index is 0.0110. The Morgan fingerprint density at radius 3 is 2.68 bits per heavy atom. The quantitative estimate of drug-likeness (QED) is 0.882. The van der Waals surface area contributed by atoms with Gasteiger partial charge < -0.3 is 4.42 Å². The van der Waals surface area contributed by atoms with E-state index in [0.29, 0.717) is 16.9 Å². The molecule has 0 amide bonds. The Hall–Kier alpha value is -1.66. The molecule has 0 spiro atoms. The molecule has 1 aliphatic carbocycles. The van der Waals surface area contributed by atoms with Crippen LogP contribution >= 0.6 is 0 Å². The summed E-state index contributed by atoms with van der Waals surface area (Å²) in [6.45, 7) is 2.08. The van der Waals surface area contributed by atoms with Gasteiger partial charge >= 0.3 is 5.63 Å². The molecule has 2 atom stereocenters. The highest BCUT2D eigenvalue weighted by Gasteiger charge is 2.26. The molecule has 1 aromatic heterocycles. The summed E-state index contributed by atoms with van der Waals surface area (Å²) in [6, 6.07) is 7.38. The average molecular weight is 321 g/mol. The summed E-state index contributed by atoms with van der Waals surface area (Å²) in [5, 5.41) is 0.596. The lowest BCUT2D eigenvalue weighted by Crippen LogP contribution is -2.40. The van der Waals surface area contributed by atoms with Crippen molar-refractivity contribution in [3.63, 3.8) is 0 Å². The van der Waals surface area contributed by atoms with Gasteiger partial charge in [-0.3, -0.25) is 0 Å². The maximum atomic E-state index is 12.6. The minimum Gasteiger partial charge on any atom is -0.423 e. The third-order valence-corrected chi connectivity index (χ3v) is 5.81. The Bertz CT molecular complexity index is 841. The summed E-state index contributed by atoms with van der Waals surface area (Å²) in [5.74, 6) is 0.349. The molecule has 0 saturated heterocycles. The van der Waals surface area contributed by atoms with Crippen molar-refractivity contribution in [1.82, 2.24) is 4.72 Å². The monoisotopic (exact) mass is 321 g/mol. The van der Waals surface area contributed by atoms with Crippen LogP contribution in [-0.4, -0.2) is 14.5 Å². The van der Waals surface area contributed by atoms with Gasteiger partial charge in [0.2, 0.25) is 10.0 Å². The largest absolute Gasteiger partial charge is 0.423 e. The zero-order valence-electron chi connectivity index (χ0n) is 12.4. The fourth-order valence-electron chi connectivity index (χ4n) is 2.98. The van der Waals surface area contributed by atoms with Crippen molar-refractivity contribution < 1.29 is 12.8 Å². The van der Waals surface area contributed by atoms with Crippen molar-refractivity contribution in [3.05, 3.63) is 40.8 Å². The lowest BCUT2D eigenvalue weighted by atomic mass is 9.87. The van der Waals surface area contributed by atoms with Crippen LogP contribution in [0.1, 0.15) is 32.6 Å². The molecular weight excluding hydrogens is 302 g/mol. The first-order chi connectivity index (χ1) is 10.5. The SMILES string of the molecule is C[C@H]1CCCC[C@@H]1NS(=O)(=O)c1ccc2oc(=O)ccc2c1. The summed E-state index contributed by atoms with van der Waals surface area (Å²) in [7, 11) is -3.56. The van der Waals surface area contributed by atoms with Crippen molar-refractivity contribution in [2.45, 2.75) is 43.5 Å². The first kappa shape index (κ1) is 15.2. The first-order valence-electron chi connectivity index (χ1n) is 7.52. The topological polar surface area (TPSA) is 76.4 Å². The predicted molar refractivity (Wildman–Crippen MR) is 84.2 cm³/mol. The van der Waals surface area contributed by atoms with E-state index in [9.17, 15) is 13.2 Å². The Kier molecular flexibility index (Phi) is 4.06. The van der Waals surface area contributed by atoms with Gasteiger partial charge in [-0.2, -0.15) is 0 Å². The normalized spacial score (nSPS) is 22.8. The molecule has 6 heteroatoms. The summed E-state index contributed by atoms with van der Waals surface area (Å²) in [6.07, 6.45) is 4.15. The van der Waals surface area contributed by atoms with Gasteiger partial charge in [-0.25, -0.2) is 17.9 Å². The van der Waals surface area contributed by atoms with Crippen LogP contribution in [-0.2, 0) is 10.0 Å². The van der Waals surface area contributed by atoms with E-state index in [1.807, 2.05) is 0 Å². The lowest BCUT2D eigenvalue weighted by molar-refractivity contribution is 0.310. The van der Waals surface area contributed by atoms with E-state index in [1.54, 1.807) is 6.07 Å². The molecule has 1 heterocycles. The van der Waals surface area contributed by atoms with Gasteiger partial charge in [0, 0.05) is 17.5 Å². The van der Waals surface area contributed by atoms with Crippen LogP contribution < -0.4 is 10.3 Å². The van der Waals surface area contributed by atoms with Crippen LogP contribution in [0.5, 0.6) is 0 Å². The van der Waals surface area contributed by atoms with Crippen molar-refractivity contribution in [2.24, 2.45) is 5.92 Å². The van der Waals surface area contributed by atoms with Crippen molar-refractivity contribution in [3.8, 4) is 0 Å². The van der Waals surface area contributed by atoms with E-state index in [0.717, 1.165) is 25.7 Å². The van der Waals surface area contributed by atoms with Gasteiger partial charge in [-0.05, 0) is 43.0 Å². The Labute approximate surface area is 129 Å². The highest BCUT2D eigenvalue weighted by molar-refractivity contribution is 7.89. The summed E-state index contributed by atoms with van der Waals surface area (Å²) < 4.78 is 32.9. The molecule has 1 N–H and O–H groups in total. The molecule has 1 fully saturated rings. The average Bonchev–Trinajstić information content (AvgIpc) is 2.49. The molecule has 0 radical (unpaired) electrons. The van der Waals surface area contributed by atoms with E-state index in [4.69, 9.17) is 4.42 Å². The molecule has 1 saturated carbocycles. The second kappa shape index (κ2) is 5.85. The molecule has 118 valence electrons. The van der Waals surface area contributed by atoms with Crippen LogP contribution in [0.15, 0.2) is 44.4 Å². The molecule has 0 aliphatic heterocycles. The van der Waals surface area contributed by atoms with Gasteiger partial charge in [-0.1, -0.05) is 19.8 Å². The minimum atomic E-state index is -3.56. The predicted octanol–water partition coefficient (Wildman–Crippen LogP) is 2.65. The summed E-state index contributed by atoms with van der Waals surface area (Å²) in [5.41, 5.74) is -0.0604.